The van der Waals surface area contributed by atoms with Gasteiger partial charge in [0, 0.05) is 6.04 Å². The maximum atomic E-state index is 6.11. The van der Waals surface area contributed by atoms with Crippen molar-refractivity contribution in [3.63, 3.8) is 0 Å². The van der Waals surface area contributed by atoms with Gasteiger partial charge in [0.25, 0.3) is 0 Å². The van der Waals surface area contributed by atoms with Crippen LogP contribution in [0.25, 0.3) is 0 Å². The first kappa shape index (κ1) is 13.7. The second-order valence-corrected chi connectivity index (χ2v) is 6.45. The number of rotatable bonds is 3. The van der Waals surface area contributed by atoms with Crippen LogP contribution in [0.1, 0.15) is 65.7 Å². The zero-order valence-electron chi connectivity index (χ0n) is 12.3. The predicted octanol–water partition coefficient (Wildman–Crippen LogP) is 3.14. The van der Waals surface area contributed by atoms with Gasteiger partial charge in [-0.1, -0.05) is 32.6 Å². The molecule has 0 aromatic rings. The first-order chi connectivity index (χ1) is 8.59. The van der Waals surface area contributed by atoms with Crippen LogP contribution in [0.2, 0.25) is 0 Å². The maximum absolute atomic E-state index is 6.11. The van der Waals surface area contributed by atoms with E-state index in [1.165, 1.54) is 44.9 Å². The molecule has 0 aromatic heterocycles. The van der Waals surface area contributed by atoms with Gasteiger partial charge in [-0.15, -0.1) is 0 Å². The lowest BCUT2D eigenvalue weighted by Crippen LogP contribution is -2.54. The number of guanidine groups is 1. The second-order valence-electron chi connectivity index (χ2n) is 6.45. The quantitative estimate of drug-likeness (QED) is 0.837. The molecule has 104 valence electrons. The van der Waals surface area contributed by atoms with Crippen molar-refractivity contribution in [3.8, 4) is 0 Å². The van der Waals surface area contributed by atoms with Crippen LogP contribution in [-0.4, -0.2) is 29.0 Å². The topological polar surface area (TPSA) is 41.6 Å². The fourth-order valence-electron chi connectivity index (χ4n) is 3.99. The predicted molar refractivity (Wildman–Crippen MR) is 77.7 cm³/mol. The minimum Gasteiger partial charge on any atom is -0.370 e. The summed E-state index contributed by atoms with van der Waals surface area (Å²) in [6.07, 6.45) is 9.38. The van der Waals surface area contributed by atoms with Crippen molar-refractivity contribution >= 4 is 5.96 Å². The van der Waals surface area contributed by atoms with Crippen molar-refractivity contribution in [2.24, 2.45) is 16.6 Å². The Kier molecular flexibility index (Phi) is 4.18. The molecule has 1 saturated carbocycles. The molecule has 0 bridgehead atoms. The average Bonchev–Trinajstić information content (AvgIpc) is 2.51. The fraction of sp³-hybridized carbons (Fsp3) is 0.933. The third-order valence-electron chi connectivity index (χ3n) is 4.78. The van der Waals surface area contributed by atoms with Crippen molar-refractivity contribution in [2.45, 2.75) is 77.3 Å². The van der Waals surface area contributed by atoms with Crippen LogP contribution in [0.15, 0.2) is 4.99 Å². The third kappa shape index (κ3) is 2.50. The fourth-order valence-corrected chi connectivity index (χ4v) is 3.99. The lowest BCUT2D eigenvalue weighted by atomic mass is 9.87. The molecule has 1 aliphatic carbocycles. The van der Waals surface area contributed by atoms with Crippen LogP contribution >= 0.6 is 0 Å². The van der Waals surface area contributed by atoms with Crippen molar-refractivity contribution in [3.05, 3.63) is 0 Å². The van der Waals surface area contributed by atoms with Crippen LogP contribution in [-0.2, 0) is 0 Å². The van der Waals surface area contributed by atoms with E-state index in [0.29, 0.717) is 6.04 Å². The van der Waals surface area contributed by atoms with E-state index in [1.54, 1.807) is 0 Å². The van der Waals surface area contributed by atoms with E-state index in [0.717, 1.165) is 18.4 Å². The van der Waals surface area contributed by atoms with E-state index >= 15 is 0 Å². The van der Waals surface area contributed by atoms with E-state index in [2.05, 4.69) is 30.7 Å². The highest BCUT2D eigenvalue weighted by Crippen LogP contribution is 2.39. The number of nitrogens with zero attached hydrogens (tertiary/aromatic N) is 2. The van der Waals surface area contributed by atoms with Gasteiger partial charge in [-0.05, 0) is 39.0 Å². The highest BCUT2D eigenvalue weighted by molar-refractivity contribution is 5.81. The van der Waals surface area contributed by atoms with Crippen molar-refractivity contribution < 1.29 is 0 Å². The Labute approximate surface area is 112 Å². The smallest absolute Gasteiger partial charge is 0.192 e. The minimum atomic E-state index is 0.251. The third-order valence-corrected chi connectivity index (χ3v) is 4.78. The summed E-state index contributed by atoms with van der Waals surface area (Å²) in [7, 11) is 0. The first-order valence-electron chi connectivity index (χ1n) is 7.68. The van der Waals surface area contributed by atoms with E-state index < -0.39 is 0 Å². The lowest BCUT2D eigenvalue weighted by Gasteiger charge is -2.41. The summed E-state index contributed by atoms with van der Waals surface area (Å²) in [6, 6.07) is 0.471. The Bertz CT molecular complexity index is 311. The number of aliphatic imine (C=N–C) groups is 1. The number of hydrogen-bond acceptors (Lipinski definition) is 3. The van der Waals surface area contributed by atoms with Crippen molar-refractivity contribution in [2.75, 3.05) is 6.54 Å². The molecule has 3 nitrogen and oxygen atoms in total. The SMILES string of the molecule is CCCC1CCCC2(CC1)CN=C(N)N2C(C)C. The van der Waals surface area contributed by atoms with Gasteiger partial charge in [0.2, 0.25) is 0 Å². The molecule has 1 heterocycles. The standard InChI is InChI=1S/C15H29N3/c1-4-6-13-7-5-9-15(10-8-13)11-17-14(16)18(15)12(2)3/h12-13H,4-11H2,1-3H3,(H2,16,17). The highest BCUT2D eigenvalue weighted by Gasteiger charge is 2.44. The van der Waals surface area contributed by atoms with Gasteiger partial charge in [0.15, 0.2) is 5.96 Å². The Hall–Kier alpha value is -0.730. The maximum Gasteiger partial charge on any atom is 0.192 e. The molecule has 2 aliphatic rings. The summed E-state index contributed by atoms with van der Waals surface area (Å²) >= 11 is 0. The molecule has 1 spiro atoms. The Morgan fingerprint density at radius 3 is 2.83 bits per heavy atom. The van der Waals surface area contributed by atoms with Gasteiger partial charge in [-0.25, -0.2) is 0 Å². The van der Waals surface area contributed by atoms with Gasteiger partial charge < -0.3 is 10.6 Å². The summed E-state index contributed by atoms with van der Waals surface area (Å²) in [4.78, 5) is 6.95. The molecule has 0 amide bonds. The van der Waals surface area contributed by atoms with E-state index in [9.17, 15) is 0 Å². The lowest BCUT2D eigenvalue weighted by molar-refractivity contribution is 0.142. The van der Waals surface area contributed by atoms with Crippen LogP contribution in [0.3, 0.4) is 0 Å². The molecule has 18 heavy (non-hydrogen) atoms. The van der Waals surface area contributed by atoms with E-state index in [1.807, 2.05) is 0 Å². The molecule has 0 aromatic carbocycles. The molecular weight excluding hydrogens is 222 g/mol. The molecule has 3 heteroatoms. The first-order valence-corrected chi connectivity index (χ1v) is 7.68. The molecule has 1 fully saturated rings. The largest absolute Gasteiger partial charge is 0.370 e. The van der Waals surface area contributed by atoms with E-state index in [4.69, 9.17) is 5.73 Å². The molecule has 2 rings (SSSR count). The zero-order valence-corrected chi connectivity index (χ0v) is 12.3. The van der Waals surface area contributed by atoms with Crippen LogP contribution in [0, 0.1) is 5.92 Å². The van der Waals surface area contributed by atoms with Gasteiger partial charge in [0.05, 0.1) is 12.1 Å². The molecule has 2 N–H and O–H groups in total. The monoisotopic (exact) mass is 251 g/mol. The molecular formula is C15H29N3. The van der Waals surface area contributed by atoms with Crippen LogP contribution in [0.4, 0.5) is 0 Å². The normalized spacial score (nSPS) is 33.0. The Morgan fingerprint density at radius 1 is 1.39 bits per heavy atom. The summed E-state index contributed by atoms with van der Waals surface area (Å²) in [5.41, 5.74) is 6.36. The Morgan fingerprint density at radius 2 is 2.17 bits per heavy atom. The van der Waals surface area contributed by atoms with Gasteiger partial charge in [-0.2, -0.15) is 0 Å². The summed E-state index contributed by atoms with van der Waals surface area (Å²) in [5, 5.41) is 0. The Balaban J connectivity index is 2.08. The summed E-state index contributed by atoms with van der Waals surface area (Å²) in [5.74, 6) is 1.71. The molecule has 1 aliphatic heterocycles. The second kappa shape index (κ2) is 5.50. The van der Waals surface area contributed by atoms with Gasteiger partial charge in [-0.3, -0.25) is 4.99 Å². The molecule has 0 radical (unpaired) electrons. The van der Waals surface area contributed by atoms with Crippen molar-refractivity contribution in [1.82, 2.24) is 4.90 Å². The molecule has 2 unspecified atom stereocenters. The summed E-state index contributed by atoms with van der Waals surface area (Å²) < 4.78 is 0. The summed E-state index contributed by atoms with van der Waals surface area (Å²) in [6.45, 7) is 7.71. The molecule has 0 saturated heterocycles. The highest BCUT2D eigenvalue weighted by atomic mass is 15.4. The van der Waals surface area contributed by atoms with Crippen LogP contribution < -0.4 is 5.73 Å². The minimum absolute atomic E-state index is 0.251. The number of hydrogen-bond donors (Lipinski definition) is 1. The van der Waals surface area contributed by atoms with Crippen LogP contribution in [0.5, 0.6) is 0 Å². The van der Waals surface area contributed by atoms with Gasteiger partial charge >= 0.3 is 0 Å². The van der Waals surface area contributed by atoms with Gasteiger partial charge in [0.1, 0.15) is 0 Å². The average molecular weight is 251 g/mol. The molecule has 2 atom stereocenters. The van der Waals surface area contributed by atoms with Crippen molar-refractivity contribution in [1.29, 1.82) is 0 Å². The number of nitrogens with two attached hydrogens (primary N) is 1. The van der Waals surface area contributed by atoms with E-state index in [-0.39, 0.29) is 5.54 Å². The zero-order chi connectivity index (χ0) is 13.2.